The van der Waals surface area contributed by atoms with Gasteiger partial charge in [0.2, 0.25) is 11.8 Å². The van der Waals surface area contributed by atoms with Gasteiger partial charge < -0.3 is 24.3 Å². The molecule has 37 heavy (non-hydrogen) atoms. The summed E-state index contributed by atoms with van der Waals surface area (Å²) in [7, 11) is -3.09. The van der Waals surface area contributed by atoms with Crippen LogP contribution in [-0.4, -0.2) is 96.0 Å². The molecule has 0 bridgehead atoms. The van der Waals surface area contributed by atoms with Crippen LogP contribution in [0.3, 0.4) is 0 Å². The van der Waals surface area contributed by atoms with Crippen LogP contribution in [0.25, 0.3) is 0 Å². The lowest BCUT2D eigenvalue weighted by Gasteiger charge is -2.36. The first-order chi connectivity index (χ1) is 17.6. The van der Waals surface area contributed by atoms with E-state index in [0.29, 0.717) is 25.3 Å². The highest BCUT2D eigenvalue weighted by Crippen LogP contribution is 2.25. The second-order valence-corrected chi connectivity index (χ2v) is 11.8. The lowest BCUT2D eigenvalue weighted by molar-refractivity contribution is -0.152. The number of imidazole rings is 1. The van der Waals surface area contributed by atoms with Gasteiger partial charge in [-0.15, -0.1) is 0 Å². The standard InChI is InChI=1S/C25H34N4O7S/c1-25(2,24(32)28-11-13-36-14-12-28)37(33,34)18-29(22(30)10-9-19-7-5-4-6-8-19)21(23(31)35-3)15-20-16-26-17-27-20/h4-8,16-17,21H,9-15,18H2,1-3H3,(H,26,27)/t21-/m0/s1. The summed E-state index contributed by atoms with van der Waals surface area (Å²) in [6.07, 6.45) is 3.24. The number of amides is 2. The molecule has 0 spiro atoms. The smallest absolute Gasteiger partial charge is 0.329 e. The summed E-state index contributed by atoms with van der Waals surface area (Å²) >= 11 is 0. The number of nitrogens with zero attached hydrogens (tertiary/aromatic N) is 3. The van der Waals surface area contributed by atoms with Crippen LogP contribution >= 0.6 is 0 Å². The monoisotopic (exact) mass is 534 g/mol. The molecule has 1 N–H and O–H groups in total. The molecule has 0 unspecified atom stereocenters. The average molecular weight is 535 g/mol. The summed E-state index contributed by atoms with van der Waals surface area (Å²) in [6.45, 7) is 3.85. The Morgan fingerprint density at radius 3 is 2.46 bits per heavy atom. The van der Waals surface area contributed by atoms with Crippen LogP contribution in [0, 0.1) is 0 Å². The lowest BCUT2D eigenvalue weighted by atomic mass is 10.1. The Morgan fingerprint density at radius 1 is 1.19 bits per heavy atom. The minimum absolute atomic E-state index is 0.0363. The molecule has 1 aromatic carbocycles. The third kappa shape index (κ3) is 6.95. The van der Waals surface area contributed by atoms with Crippen molar-refractivity contribution in [3.8, 4) is 0 Å². The van der Waals surface area contributed by atoms with E-state index >= 15 is 0 Å². The van der Waals surface area contributed by atoms with Crippen LogP contribution in [0.1, 0.15) is 31.5 Å². The van der Waals surface area contributed by atoms with Gasteiger partial charge in [-0.1, -0.05) is 30.3 Å². The maximum atomic E-state index is 13.7. The molecule has 1 fully saturated rings. The van der Waals surface area contributed by atoms with Crippen molar-refractivity contribution >= 4 is 27.6 Å². The fraction of sp³-hybridized carbons (Fsp3) is 0.520. The van der Waals surface area contributed by atoms with Crippen molar-refractivity contribution in [1.82, 2.24) is 19.8 Å². The third-order valence-electron chi connectivity index (χ3n) is 6.50. The number of H-pyrrole nitrogens is 1. The number of aryl methyl sites for hydroxylation is 1. The van der Waals surface area contributed by atoms with Gasteiger partial charge in [0.1, 0.15) is 16.7 Å². The molecular weight excluding hydrogens is 500 g/mol. The topological polar surface area (TPSA) is 139 Å². The Balaban J connectivity index is 1.91. The zero-order valence-corrected chi connectivity index (χ0v) is 22.2. The number of sulfone groups is 1. The fourth-order valence-electron chi connectivity index (χ4n) is 4.06. The molecule has 1 aliphatic heterocycles. The van der Waals surface area contributed by atoms with E-state index in [1.807, 2.05) is 30.3 Å². The van der Waals surface area contributed by atoms with E-state index in [4.69, 9.17) is 9.47 Å². The van der Waals surface area contributed by atoms with Crippen molar-refractivity contribution in [2.75, 3.05) is 39.3 Å². The fourth-order valence-corrected chi connectivity index (χ4v) is 5.47. The van der Waals surface area contributed by atoms with Gasteiger partial charge in [-0.25, -0.2) is 18.2 Å². The molecule has 1 saturated heterocycles. The van der Waals surface area contributed by atoms with Crippen LogP contribution in [0.15, 0.2) is 42.9 Å². The number of ether oxygens (including phenoxy) is 2. The first-order valence-electron chi connectivity index (χ1n) is 12.0. The molecule has 11 nitrogen and oxygen atoms in total. The highest BCUT2D eigenvalue weighted by atomic mass is 32.2. The number of rotatable bonds is 11. The Bertz CT molecular complexity index is 1160. The van der Waals surface area contributed by atoms with E-state index < -0.39 is 44.3 Å². The molecule has 1 aromatic heterocycles. The van der Waals surface area contributed by atoms with Gasteiger partial charge in [0.15, 0.2) is 9.84 Å². The van der Waals surface area contributed by atoms with E-state index in [9.17, 15) is 22.8 Å². The number of carbonyl (C=O) groups is 3. The predicted octanol–water partition coefficient (Wildman–Crippen LogP) is 0.965. The number of carbonyl (C=O) groups excluding carboxylic acids is 3. The Morgan fingerprint density at radius 2 is 1.86 bits per heavy atom. The van der Waals surface area contributed by atoms with Crippen LogP contribution in [0.5, 0.6) is 0 Å². The van der Waals surface area contributed by atoms with Gasteiger partial charge in [-0.3, -0.25) is 9.59 Å². The number of morpholine rings is 1. The zero-order chi connectivity index (χ0) is 27.1. The summed E-state index contributed by atoms with van der Waals surface area (Å²) < 4.78 is 35.8. The Labute approximate surface area is 217 Å². The van der Waals surface area contributed by atoms with Crippen LogP contribution in [0.2, 0.25) is 0 Å². The number of aromatic nitrogens is 2. The zero-order valence-electron chi connectivity index (χ0n) is 21.4. The van der Waals surface area contributed by atoms with Crippen molar-refractivity contribution in [3.05, 3.63) is 54.1 Å². The van der Waals surface area contributed by atoms with Gasteiger partial charge in [0.25, 0.3) is 0 Å². The van der Waals surface area contributed by atoms with Crippen molar-refractivity contribution in [1.29, 1.82) is 0 Å². The molecule has 2 amide bonds. The maximum absolute atomic E-state index is 13.7. The summed E-state index contributed by atoms with van der Waals surface area (Å²) in [5.74, 6) is -2.72. The Hall–Kier alpha value is -3.25. The highest BCUT2D eigenvalue weighted by molar-refractivity contribution is 7.93. The first kappa shape index (κ1) is 28.3. The average Bonchev–Trinajstić information content (AvgIpc) is 3.42. The normalized spacial score (nSPS) is 15.2. The van der Waals surface area contributed by atoms with Crippen LogP contribution < -0.4 is 0 Å². The number of aromatic amines is 1. The quantitative estimate of drug-likeness (QED) is 0.421. The van der Waals surface area contributed by atoms with Crippen LogP contribution in [-0.2, 0) is 46.5 Å². The lowest BCUT2D eigenvalue weighted by Crippen LogP contribution is -2.57. The molecule has 1 aliphatic rings. The molecule has 3 rings (SSSR count). The van der Waals surface area contributed by atoms with Gasteiger partial charge in [-0.05, 0) is 25.8 Å². The number of nitrogens with one attached hydrogen (secondary N) is 1. The number of benzene rings is 1. The molecule has 2 aromatic rings. The van der Waals surface area contributed by atoms with Gasteiger partial charge >= 0.3 is 5.97 Å². The molecule has 0 saturated carbocycles. The number of esters is 1. The van der Waals surface area contributed by atoms with Gasteiger partial charge in [0.05, 0.1) is 32.3 Å². The van der Waals surface area contributed by atoms with E-state index in [2.05, 4.69) is 9.97 Å². The SMILES string of the molecule is COC(=O)[C@H](Cc1c[nH]cn1)N(CS(=O)(=O)C(C)(C)C(=O)N1CCOCC1)C(=O)CCc1ccccc1. The van der Waals surface area contributed by atoms with E-state index in [0.717, 1.165) is 10.5 Å². The van der Waals surface area contributed by atoms with E-state index in [-0.39, 0.29) is 25.9 Å². The van der Waals surface area contributed by atoms with Crippen molar-refractivity contribution in [2.24, 2.45) is 0 Å². The molecule has 12 heteroatoms. The number of hydrogen-bond donors (Lipinski definition) is 1. The molecule has 202 valence electrons. The number of methoxy groups -OCH3 is 1. The van der Waals surface area contributed by atoms with E-state index in [1.54, 1.807) is 6.20 Å². The molecule has 0 aliphatic carbocycles. The minimum Gasteiger partial charge on any atom is -0.467 e. The summed E-state index contributed by atoms with van der Waals surface area (Å²) in [5, 5.41) is 0. The largest absolute Gasteiger partial charge is 0.467 e. The minimum atomic E-state index is -4.26. The summed E-state index contributed by atoms with van der Waals surface area (Å²) in [5.41, 5.74) is 1.35. The van der Waals surface area contributed by atoms with Crippen LogP contribution in [0.4, 0.5) is 0 Å². The van der Waals surface area contributed by atoms with E-state index in [1.165, 1.54) is 32.2 Å². The second kappa shape index (κ2) is 12.3. The van der Waals surface area contributed by atoms with Crippen molar-refractivity contribution in [3.63, 3.8) is 0 Å². The second-order valence-electron chi connectivity index (χ2n) is 9.31. The first-order valence-corrected chi connectivity index (χ1v) is 13.7. The molecule has 2 heterocycles. The predicted molar refractivity (Wildman–Crippen MR) is 135 cm³/mol. The van der Waals surface area contributed by atoms with Gasteiger partial charge in [0, 0.05) is 32.1 Å². The molecule has 1 atom stereocenters. The maximum Gasteiger partial charge on any atom is 0.329 e. The van der Waals surface area contributed by atoms with Crippen molar-refractivity contribution in [2.45, 2.75) is 43.9 Å². The third-order valence-corrected chi connectivity index (χ3v) is 8.85. The molecular formula is C25H34N4O7S. The van der Waals surface area contributed by atoms with Gasteiger partial charge in [-0.2, -0.15) is 0 Å². The highest BCUT2D eigenvalue weighted by Gasteiger charge is 2.47. The molecule has 0 radical (unpaired) electrons. The summed E-state index contributed by atoms with van der Waals surface area (Å²) in [4.78, 5) is 48.9. The number of hydrogen-bond acceptors (Lipinski definition) is 8. The summed E-state index contributed by atoms with van der Waals surface area (Å²) in [6, 6.07) is 8.02. The van der Waals surface area contributed by atoms with Crippen molar-refractivity contribution < 1.29 is 32.3 Å². The Kier molecular flexibility index (Phi) is 9.44.